The zero-order valence-corrected chi connectivity index (χ0v) is 7.71. The lowest BCUT2D eigenvalue weighted by Crippen LogP contribution is -2.16. The zero-order chi connectivity index (χ0) is 9.90. The third-order valence-corrected chi connectivity index (χ3v) is 2.70. The first-order chi connectivity index (χ1) is 6.06. The Morgan fingerprint density at radius 1 is 1.23 bits per heavy atom. The van der Waals surface area contributed by atoms with Crippen molar-refractivity contribution in [3.05, 3.63) is 34.7 Å². The Balaban J connectivity index is 3.08. The third kappa shape index (κ3) is 2.25. The number of benzene rings is 1. The van der Waals surface area contributed by atoms with Crippen molar-refractivity contribution in [2.24, 2.45) is 5.29 Å². The maximum Gasteiger partial charge on any atom is 0.279 e. The quantitative estimate of drug-likeness (QED) is 0.583. The van der Waals surface area contributed by atoms with Crippen LogP contribution in [0.3, 0.4) is 0 Å². The maximum absolute atomic E-state index is 11.1. The van der Waals surface area contributed by atoms with Crippen molar-refractivity contribution in [1.29, 1.82) is 0 Å². The summed E-state index contributed by atoms with van der Waals surface area (Å²) in [7, 11) is -3.76. The van der Waals surface area contributed by atoms with Gasteiger partial charge in [0.25, 0.3) is 10.0 Å². The van der Waals surface area contributed by atoms with Gasteiger partial charge in [-0.05, 0) is 19.1 Å². The van der Waals surface area contributed by atoms with Crippen LogP contribution in [0.2, 0.25) is 0 Å². The van der Waals surface area contributed by atoms with E-state index in [9.17, 15) is 13.3 Å². The number of aryl methyl sites for hydroxylation is 1. The van der Waals surface area contributed by atoms with Crippen molar-refractivity contribution in [2.45, 2.75) is 11.8 Å². The first kappa shape index (κ1) is 9.66. The molecule has 0 aliphatic heterocycles. The summed E-state index contributed by atoms with van der Waals surface area (Å²) in [5.41, 5.74) is 0.943. The van der Waals surface area contributed by atoms with E-state index < -0.39 is 10.0 Å². The standard InChI is InChI=1S/C7H8N2O3S/c1-6-2-4-7(5-3-6)13(11,12)9-8-10/h2-5H,1H3,(H,9,10). The topological polar surface area (TPSA) is 75.6 Å². The molecule has 0 bridgehead atoms. The Bertz CT molecular complexity index is 396. The Kier molecular flexibility index (Phi) is 2.62. The van der Waals surface area contributed by atoms with Gasteiger partial charge in [0.15, 0.2) is 0 Å². The summed E-state index contributed by atoms with van der Waals surface area (Å²) in [6.07, 6.45) is 0. The second-order valence-corrected chi connectivity index (χ2v) is 4.16. The molecule has 0 aliphatic carbocycles. The molecular formula is C7H8N2O3S. The van der Waals surface area contributed by atoms with E-state index in [2.05, 4.69) is 5.29 Å². The lowest BCUT2D eigenvalue weighted by molar-refractivity contribution is 0.584. The summed E-state index contributed by atoms with van der Waals surface area (Å²) in [4.78, 5) is 11.2. The van der Waals surface area contributed by atoms with E-state index in [4.69, 9.17) is 0 Å². The first-order valence-electron chi connectivity index (χ1n) is 3.47. The molecule has 6 heteroatoms. The lowest BCUT2D eigenvalue weighted by Gasteiger charge is -2.00. The minimum Gasteiger partial charge on any atom is -0.200 e. The van der Waals surface area contributed by atoms with E-state index in [1.165, 1.54) is 17.0 Å². The Morgan fingerprint density at radius 3 is 2.23 bits per heavy atom. The van der Waals surface area contributed by atoms with Crippen LogP contribution in [-0.4, -0.2) is 8.42 Å². The van der Waals surface area contributed by atoms with Gasteiger partial charge < -0.3 is 0 Å². The molecule has 0 radical (unpaired) electrons. The third-order valence-electron chi connectivity index (χ3n) is 1.49. The highest BCUT2D eigenvalue weighted by atomic mass is 32.2. The molecule has 0 spiro atoms. The van der Waals surface area contributed by atoms with Gasteiger partial charge in [0.05, 0.1) is 10.2 Å². The van der Waals surface area contributed by atoms with Crippen LogP contribution in [0.25, 0.3) is 0 Å². The molecule has 1 rings (SSSR count). The van der Waals surface area contributed by atoms with Gasteiger partial charge >= 0.3 is 0 Å². The van der Waals surface area contributed by atoms with Gasteiger partial charge in [-0.15, -0.1) is 4.91 Å². The SMILES string of the molecule is Cc1ccc(S(=O)(=O)NN=O)cc1. The van der Waals surface area contributed by atoms with Gasteiger partial charge in [-0.3, -0.25) is 0 Å². The van der Waals surface area contributed by atoms with Crippen LogP contribution in [0.4, 0.5) is 0 Å². The minimum atomic E-state index is -3.76. The molecule has 0 saturated heterocycles. The molecule has 0 aromatic heterocycles. The molecule has 0 aliphatic rings. The number of hydrogen-bond acceptors (Lipinski definition) is 4. The number of nitrogens with one attached hydrogen (secondary N) is 1. The summed E-state index contributed by atoms with van der Waals surface area (Å²) < 4.78 is 22.3. The van der Waals surface area contributed by atoms with Crippen LogP contribution in [-0.2, 0) is 10.0 Å². The molecule has 5 nitrogen and oxygen atoms in total. The summed E-state index contributed by atoms with van der Waals surface area (Å²) in [6, 6.07) is 6.09. The van der Waals surface area contributed by atoms with E-state index in [0.29, 0.717) is 0 Å². The first-order valence-corrected chi connectivity index (χ1v) is 4.95. The average molecular weight is 200 g/mol. The van der Waals surface area contributed by atoms with Gasteiger partial charge in [-0.25, -0.2) is 0 Å². The summed E-state index contributed by atoms with van der Waals surface area (Å²) >= 11 is 0. The fourth-order valence-electron chi connectivity index (χ4n) is 0.819. The maximum atomic E-state index is 11.1. The molecule has 1 aromatic carbocycles. The van der Waals surface area contributed by atoms with Crippen LogP contribution in [0.15, 0.2) is 34.4 Å². The predicted octanol–water partition coefficient (Wildman–Crippen LogP) is 0.955. The Labute approximate surface area is 75.8 Å². The molecule has 0 saturated carbocycles. The van der Waals surface area contributed by atoms with Gasteiger partial charge in [0, 0.05) is 0 Å². The second kappa shape index (κ2) is 3.53. The molecule has 70 valence electrons. The van der Waals surface area contributed by atoms with Gasteiger partial charge in [0.2, 0.25) is 0 Å². The van der Waals surface area contributed by atoms with Crippen LogP contribution < -0.4 is 4.83 Å². The number of hydrogen-bond donors (Lipinski definition) is 1. The van der Waals surface area contributed by atoms with Crippen molar-refractivity contribution in [3.63, 3.8) is 0 Å². The van der Waals surface area contributed by atoms with E-state index in [1.807, 2.05) is 6.92 Å². The van der Waals surface area contributed by atoms with Gasteiger partial charge in [0.1, 0.15) is 0 Å². The number of sulfonamides is 1. The molecule has 13 heavy (non-hydrogen) atoms. The van der Waals surface area contributed by atoms with Crippen molar-refractivity contribution >= 4 is 10.0 Å². The molecule has 0 amide bonds. The Hall–Kier alpha value is -1.43. The molecule has 1 aromatic rings. The molecule has 0 fully saturated rings. The average Bonchev–Trinajstić information content (AvgIpc) is 2.05. The van der Waals surface area contributed by atoms with Crippen LogP contribution in [0, 0.1) is 11.8 Å². The molecule has 1 N–H and O–H groups in total. The molecule has 0 unspecified atom stereocenters. The highest BCUT2D eigenvalue weighted by Gasteiger charge is 2.12. The minimum absolute atomic E-state index is 0.0256. The fourth-order valence-corrected chi connectivity index (χ4v) is 1.52. The van der Waals surface area contributed by atoms with E-state index >= 15 is 0 Å². The van der Waals surface area contributed by atoms with Gasteiger partial charge in [-0.1, -0.05) is 17.7 Å². The number of rotatable bonds is 3. The highest BCUT2D eigenvalue weighted by Crippen LogP contribution is 2.09. The predicted molar refractivity (Wildman–Crippen MR) is 47.3 cm³/mol. The fraction of sp³-hybridized carbons (Fsp3) is 0.143. The lowest BCUT2D eigenvalue weighted by atomic mass is 10.2. The normalized spacial score (nSPS) is 10.8. The van der Waals surface area contributed by atoms with Crippen LogP contribution in [0.5, 0.6) is 0 Å². The molecule has 0 atom stereocenters. The smallest absolute Gasteiger partial charge is 0.200 e. The van der Waals surface area contributed by atoms with Crippen LogP contribution >= 0.6 is 0 Å². The molecule has 0 heterocycles. The van der Waals surface area contributed by atoms with E-state index in [0.717, 1.165) is 5.56 Å². The zero-order valence-electron chi connectivity index (χ0n) is 6.89. The largest absolute Gasteiger partial charge is 0.279 e. The van der Waals surface area contributed by atoms with Crippen molar-refractivity contribution in [3.8, 4) is 0 Å². The van der Waals surface area contributed by atoms with Crippen molar-refractivity contribution < 1.29 is 8.42 Å². The van der Waals surface area contributed by atoms with E-state index in [1.54, 1.807) is 12.1 Å². The molecular weight excluding hydrogens is 192 g/mol. The Morgan fingerprint density at radius 2 is 1.77 bits per heavy atom. The van der Waals surface area contributed by atoms with Crippen LogP contribution in [0.1, 0.15) is 5.56 Å². The van der Waals surface area contributed by atoms with Crippen molar-refractivity contribution in [2.75, 3.05) is 0 Å². The van der Waals surface area contributed by atoms with E-state index in [-0.39, 0.29) is 4.90 Å². The summed E-state index contributed by atoms with van der Waals surface area (Å²) in [5.74, 6) is 0. The number of nitrogens with zero attached hydrogens (tertiary/aromatic N) is 1. The second-order valence-electron chi connectivity index (χ2n) is 2.50. The van der Waals surface area contributed by atoms with Crippen molar-refractivity contribution in [1.82, 2.24) is 4.83 Å². The highest BCUT2D eigenvalue weighted by molar-refractivity contribution is 7.89. The monoisotopic (exact) mass is 200 g/mol. The van der Waals surface area contributed by atoms with Gasteiger partial charge in [-0.2, -0.15) is 13.2 Å². The number of nitroso groups, excluding NO2 is 1. The summed E-state index contributed by atoms with van der Waals surface area (Å²) in [6.45, 7) is 1.84. The summed E-state index contributed by atoms with van der Waals surface area (Å²) in [5, 5.41) is 2.12.